The third-order valence-corrected chi connectivity index (χ3v) is 7.83. The van der Waals surface area contributed by atoms with Gasteiger partial charge in [-0.15, -0.1) is 0 Å². The number of unbranched alkanes of at least 4 members (excludes halogenated alkanes) is 5. The van der Waals surface area contributed by atoms with Gasteiger partial charge in [0, 0.05) is 0 Å². The van der Waals surface area contributed by atoms with Gasteiger partial charge in [-0.3, -0.25) is 0 Å². The Morgan fingerprint density at radius 2 is 1.50 bits per heavy atom. The lowest BCUT2D eigenvalue weighted by atomic mass is 9.73. The normalized spacial score (nSPS) is 12.6. The number of allylic oxidation sites excluding steroid dienone is 6. The van der Waals surface area contributed by atoms with Crippen LogP contribution in [-0.2, 0) is 12.8 Å². The Balaban J connectivity index is 0. The second-order valence-electron chi connectivity index (χ2n) is 11.1. The maximum atomic E-state index is 4.31. The molecule has 0 fully saturated rings. The molecule has 0 amide bonds. The second kappa shape index (κ2) is 22.0. The van der Waals surface area contributed by atoms with Crippen molar-refractivity contribution in [2.75, 3.05) is 0 Å². The zero-order valence-corrected chi connectivity index (χ0v) is 27.9. The first-order valence-corrected chi connectivity index (χ1v) is 15.9. The largest absolute Gasteiger partial charge is 0.0985 e. The highest BCUT2D eigenvalue weighted by atomic mass is 14.3. The fourth-order valence-corrected chi connectivity index (χ4v) is 5.06. The van der Waals surface area contributed by atoms with E-state index in [9.17, 15) is 0 Å². The molecule has 1 unspecified atom stereocenters. The van der Waals surface area contributed by atoms with Crippen LogP contribution in [-0.4, -0.2) is 0 Å². The molecule has 218 valence electrons. The maximum absolute atomic E-state index is 4.31. The van der Waals surface area contributed by atoms with Crippen molar-refractivity contribution in [3.05, 3.63) is 76.9 Å². The smallest absolute Gasteiger partial charge is 0.0192 e. The highest BCUT2D eigenvalue weighted by Crippen LogP contribution is 2.36. The minimum absolute atomic E-state index is 0.346. The zero-order valence-electron chi connectivity index (χ0n) is 27.9. The van der Waals surface area contributed by atoms with E-state index < -0.39 is 0 Å². The van der Waals surface area contributed by atoms with Crippen LogP contribution in [0, 0.1) is 18.3 Å². The molecular formula is C38H66. The van der Waals surface area contributed by atoms with E-state index in [4.69, 9.17) is 0 Å². The molecule has 0 bridgehead atoms. The van der Waals surface area contributed by atoms with Gasteiger partial charge in [-0.2, -0.15) is 0 Å². The van der Waals surface area contributed by atoms with Crippen LogP contribution in [0.4, 0.5) is 0 Å². The van der Waals surface area contributed by atoms with E-state index in [2.05, 4.69) is 92.8 Å². The van der Waals surface area contributed by atoms with Gasteiger partial charge in [-0.1, -0.05) is 144 Å². The monoisotopic (exact) mass is 523 g/mol. The standard InChI is InChI=1S/C34H54.2C2H6/c1-11-15-16-17-18-19-20-31-25-32(24-29(8)34(9,10)21-12-2)33(23-27(31)6)28(7)22-26(5)30(13-3)14-4;2*1-2/h13-14,22-23,25,29H,3,5,11-12,15-21,24H2,1-2,4,6-10H3;2*1-2H3/b28-22+,30-14-;;. The number of hydrogen-bond donors (Lipinski definition) is 0. The van der Waals surface area contributed by atoms with E-state index in [1.807, 2.05) is 33.8 Å². The van der Waals surface area contributed by atoms with E-state index in [1.54, 1.807) is 5.56 Å². The Labute approximate surface area is 240 Å². The van der Waals surface area contributed by atoms with Crippen molar-refractivity contribution in [2.24, 2.45) is 11.3 Å². The van der Waals surface area contributed by atoms with Crippen LogP contribution in [0.25, 0.3) is 5.57 Å². The van der Waals surface area contributed by atoms with Crippen LogP contribution in [0.2, 0.25) is 0 Å². The van der Waals surface area contributed by atoms with Crippen molar-refractivity contribution < 1.29 is 0 Å². The minimum atomic E-state index is 0.346. The molecule has 1 rings (SSSR count). The molecule has 0 heteroatoms. The van der Waals surface area contributed by atoms with Gasteiger partial charge < -0.3 is 0 Å². The van der Waals surface area contributed by atoms with Gasteiger partial charge in [0.05, 0.1) is 0 Å². The van der Waals surface area contributed by atoms with Gasteiger partial charge in [-0.25, -0.2) is 0 Å². The highest BCUT2D eigenvalue weighted by molar-refractivity contribution is 5.72. The highest BCUT2D eigenvalue weighted by Gasteiger charge is 2.26. The molecule has 1 aromatic carbocycles. The van der Waals surface area contributed by atoms with Crippen LogP contribution in [0.1, 0.15) is 150 Å². The van der Waals surface area contributed by atoms with E-state index in [0.29, 0.717) is 11.3 Å². The van der Waals surface area contributed by atoms with Gasteiger partial charge in [0.2, 0.25) is 0 Å². The predicted octanol–water partition coefficient (Wildman–Crippen LogP) is 13.0. The van der Waals surface area contributed by atoms with Crippen molar-refractivity contribution in [3.8, 4) is 0 Å². The Kier molecular flexibility index (Phi) is 22.2. The molecule has 1 atom stereocenters. The zero-order chi connectivity index (χ0) is 29.7. The Hall–Kier alpha value is -1.82. The summed E-state index contributed by atoms with van der Waals surface area (Å²) in [5.41, 5.74) is 9.66. The summed E-state index contributed by atoms with van der Waals surface area (Å²) >= 11 is 0. The summed E-state index contributed by atoms with van der Waals surface area (Å²) in [4.78, 5) is 0. The quantitative estimate of drug-likeness (QED) is 0.149. The summed E-state index contributed by atoms with van der Waals surface area (Å²) in [7, 11) is 0. The van der Waals surface area contributed by atoms with Crippen LogP contribution in [0.15, 0.2) is 54.7 Å². The molecule has 1 aromatic rings. The molecule has 0 N–H and O–H groups in total. The van der Waals surface area contributed by atoms with Gasteiger partial charge in [-0.05, 0) is 96.8 Å². The number of aryl methyl sites for hydroxylation is 2. The fourth-order valence-electron chi connectivity index (χ4n) is 5.06. The molecule has 0 aliphatic rings. The van der Waals surface area contributed by atoms with Crippen molar-refractivity contribution in [3.63, 3.8) is 0 Å². The molecule has 0 nitrogen and oxygen atoms in total. The van der Waals surface area contributed by atoms with Crippen molar-refractivity contribution >= 4 is 5.57 Å². The van der Waals surface area contributed by atoms with Crippen LogP contribution in [0.3, 0.4) is 0 Å². The molecule has 38 heavy (non-hydrogen) atoms. The molecule has 0 radical (unpaired) electrons. The summed E-state index contributed by atoms with van der Waals surface area (Å²) in [6.45, 7) is 34.8. The lowest BCUT2D eigenvalue weighted by molar-refractivity contribution is 0.208. The maximum Gasteiger partial charge on any atom is -0.0192 e. The first-order valence-electron chi connectivity index (χ1n) is 15.9. The van der Waals surface area contributed by atoms with Gasteiger partial charge in [0.1, 0.15) is 0 Å². The van der Waals surface area contributed by atoms with Gasteiger partial charge >= 0.3 is 0 Å². The molecule has 0 saturated heterocycles. The number of rotatable bonds is 16. The van der Waals surface area contributed by atoms with E-state index >= 15 is 0 Å². The second-order valence-corrected chi connectivity index (χ2v) is 11.1. The topological polar surface area (TPSA) is 0 Å². The first-order chi connectivity index (χ1) is 18.1. The van der Waals surface area contributed by atoms with Crippen molar-refractivity contribution in [2.45, 2.75) is 147 Å². The molecule has 0 aliphatic carbocycles. The SMILES string of the molecule is C=C/C(=C/C)C(=C)/C=C(\C)c1cc(C)c(CCCCCCCC)cc1CC(C)C(C)(C)CCC.CC.CC. The van der Waals surface area contributed by atoms with Crippen LogP contribution >= 0.6 is 0 Å². The Bertz CT molecular complexity index is 843. The van der Waals surface area contributed by atoms with Gasteiger partial charge in [0.15, 0.2) is 0 Å². The van der Waals surface area contributed by atoms with Gasteiger partial charge in [0.25, 0.3) is 0 Å². The van der Waals surface area contributed by atoms with E-state index in [-0.39, 0.29) is 0 Å². The molecule has 0 aliphatic heterocycles. The molecule has 0 aromatic heterocycles. The lowest BCUT2D eigenvalue weighted by Crippen LogP contribution is -2.23. The van der Waals surface area contributed by atoms with Crippen LogP contribution < -0.4 is 0 Å². The number of hydrogen-bond acceptors (Lipinski definition) is 0. The van der Waals surface area contributed by atoms with E-state index in [1.165, 1.54) is 80.1 Å². The fraction of sp³-hybridized carbons (Fsp3) is 0.632. The Morgan fingerprint density at radius 1 is 0.921 bits per heavy atom. The molecule has 0 heterocycles. The average Bonchev–Trinajstić information content (AvgIpc) is 2.90. The molecule has 0 saturated carbocycles. The molecular weight excluding hydrogens is 456 g/mol. The summed E-state index contributed by atoms with van der Waals surface area (Å²) in [5, 5.41) is 0. The third kappa shape index (κ3) is 13.8. The summed E-state index contributed by atoms with van der Waals surface area (Å²) < 4.78 is 0. The average molecular weight is 523 g/mol. The van der Waals surface area contributed by atoms with Crippen molar-refractivity contribution in [1.29, 1.82) is 0 Å². The first kappa shape index (κ1) is 38.3. The summed E-state index contributed by atoms with van der Waals surface area (Å²) in [5.74, 6) is 0.631. The summed E-state index contributed by atoms with van der Waals surface area (Å²) in [6.07, 6.45) is 19.2. The predicted molar refractivity (Wildman–Crippen MR) is 179 cm³/mol. The molecule has 0 spiro atoms. The van der Waals surface area contributed by atoms with Crippen molar-refractivity contribution in [1.82, 2.24) is 0 Å². The lowest BCUT2D eigenvalue weighted by Gasteiger charge is -2.32. The Morgan fingerprint density at radius 3 is 2.03 bits per heavy atom. The van der Waals surface area contributed by atoms with Crippen LogP contribution in [0.5, 0.6) is 0 Å². The number of benzene rings is 1. The van der Waals surface area contributed by atoms with E-state index in [0.717, 1.165) is 17.6 Å². The minimum Gasteiger partial charge on any atom is -0.0985 e. The summed E-state index contributed by atoms with van der Waals surface area (Å²) in [6, 6.07) is 4.99. The third-order valence-electron chi connectivity index (χ3n) is 7.83.